The lowest BCUT2D eigenvalue weighted by Crippen LogP contribution is -2.09. The van der Waals surface area contributed by atoms with Crippen LogP contribution in [0.25, 0.3) is 105 Å². The average molecular weight is 891 g/mol. The van der Waals surface area contributed by atoms with E-state index in [-0.39, 0.29) is 0 Å². The van der Waals surface area contributed by atoms with Crippen LogP contribution in [-0.4, -0.2) is 4.57 Å². The van der Waals surface area contributed by atoms with Gasteiger partial charge >= 0.3 is 0 Å². The number of para-hydroxylation sites is 3. The number of nitrogens with zero attached hydrogens (tertiary/aromatic N) is 2. The van der Waals surface area contributed by atoms with Gasteiger partial charge in [-0.2, -0.15) is 0 Å². The molecular formula is C68H46N2. The Morgan fingerprint density at radius 3 is 1.24 bits per heavy atom. The van der Waals surface area contributed by atoms with E-state index in [4.69, 9.17) is 0 Å². The fourth-order valence-corrected chi connectivity index (χ4v) is 10.6. The lowest BCUT2D eigenvalue weighted by molar-refractivity contribution is 1.18. The van der Waals surface area contributed by atoms with Crippen LogP contribution in [0.5, 0.6) is 0 Å². The Kier molecular flexibility index (Phi) is 10.2. The zero-order valence-corrected chi connectivity index (χ0v) is 38.5. The van der Waals surface area contributed by atoms with E-state index in [1.165, 1.54) is 93.4 Å². The molecule has 0 amide bonds. The van der Waals surface area contributed by atoms with E-state index in [0.717, 1.165) is 28.3 Å². The Labute approximate surface area is 408 Å². The molecule has 0 atom stereocenters. The molecule has 0 saturated heterocycles. The van der Waals surface area contributed by atoms with Crippen molar-refractivity contribution in [2.75, 3.05) is 4.90 Å². The predicted molar refractivity (Wildman–Crippen MR) is 298 cm³/mol. The van der Waals surface area contributed by atoms with Gasteiger partial charge in [-0.1, -0.05) is 218 Å². The molecule has 70 heavy (non-hydrogen) atoms. The highest BCUT2D eigenvalue weighted by Gasteiger charge is 2.19. The number of anilines is 3. The summed E-state index contributed by atoms with van der Waals surface area (Å²) in [7, 11) is 0. The lowest BCUT2D eigenvalue weighted by atomic mass is 9.93. The van der Waals surface area contributed by atoms with Crippen LogP contribution in [0.4, 0.5) is 17.1 Å². The molecule has 0 bridgehead atoms. The summed E-state index contributed by atoms with van der Waals surface area (Å²) < 4.78 is 2.43. The maximum absolute atomic E-state index is 2.43. The van der Waals surface area contributed by atoms with Gasteiger partial charge in [0.1, 0.15) is 0 Å². The van der Waals surface area contributed by atoms with Crippen LogP contribution < -0.4 is 4.90 Å². The van der Waals surface area contributed by atoms with Crippen molar-refractivity contribution in [1.82, 2.24) is 4.57 Å². The molecule has 12 aromatic carbocycles. The van der Waals surface area contributed by atoms with Crippen molar-refractivity contribution in [3.63, 3.8) is 0 Å². The molecule has 0 aliphatic carbocycles. The Morgan fingerprint density at radius 2 is 0.629 bits per heavy atom. The monoisotopic (exact) mass is 890 g/mol. The molecule has 0 saturated carbocycles. The summed E-state index contributed by atoms with van der Waals surface area (Å²) in [5, 5.41) is 7.58. The average Bonchev–Trinajstić information content (AvgIpc) is 3.78. The van der Waals surface area contributed by atoms with Crippen LogP contribution in [0.3, 0.4) is 0 Å². The van der Waals surface area contributed by atoms with Crippen LogP contribution >= 0.6 is 0 Å². The third-order valence-electron chi connectivity index (χ3n) is 14.0. The van der Waals surface area contributed by atoms with Gasteiger partial charge in [0.25, 0.3) is 0 Å². The highest BCUT2D eigenvalue weighted by Crippen LogP contribution is 2.42. The van der Waals surface area contributed by atoms with E-state index in [1.54, 1.807) is 0 Å². The molecule has 13 rings (SSSR count). The first kappa shape index (κ1) is 41.0. The summed E-state index contributed by atoms with van der Waals surface area (Å²) >= 11 is 0. The van der Waals surface area contributed by atoms with E-state index >= 15 is 0 Å². The molecule has 0 aliphatic heterocycles. The predicted octanol–water partition coefficient (Wildman–Crippen LogP) is 18.9. The second-order valence-electron chi connectivity index (χ2n) is 18.1. The molecule has 0 spiro atoms. The third kappa shape index (κ3) is 7.31. The van der Waals surface area contributed by atoms with E-state index in [1.807, 2.05) is 0 Å². The second kappa shape index (κ2) is 17.4. The van der Waals surface area contributed by atoms with Crippen molar-refractivity contribution < 1.29 is 0 Å². The standard InChI is InChI=1S/C68H46N2/c1-2-14-47(15-3-1)48-26-28-49(29-27-48)50-32-39-56(40-33-50)69(57-41-34-51(35-42-57)54-38-45-61-55(46-54)31-30-52-16-4-5-17-59(52)61)58-43-36-53(37-44-58)60-18-6-7-19-62(60)63-20-8-11-23-66(63)70-67-24-12-9-21-64(67)65-22-10-13-25-68(65)70/h1-46H. The van der Waals surface area contributed by atoms with Crippen molar-refractivity contribution in [1.29, 1.82) is 0 Å². The summed E-state index contributed by atoms with van der Waals surface area (Å²) in [6.45, 7) is 0. The number of aromatic nitrogens is 1. The molecule has 2 nitrogen and oxygen atoms in total. The van der Waals surface area contributed by atoms with Crippen molar-refractivity contribution in [3.8, 4) is 61.3 Å². The summed E-state index contributed by atoms with van der Waals surface area (Å²) in [6.07, 6.45) is 0. The SMILES string of the molecule is c1ccc(-c2ccc(-c3ccc(N(c4ccc(-c5ccc6c(ccc7ccccc76)c5)cc4)c4ccc(-c5ccccc5-c5ccccc5-n5c6ccccc6c6ccccc65)cc4)cc3)cc2)cc1. The second-order valence-corrected chi connectivity index (χ2v) is 18.1. The van der Waals surface area contributed by atoms with Crippen LogP contribution in [0.1, 0.15) is 0 Å². The molecule has 0 unspecified atom stereocenters. The molecule has 13 aromatic rings. The summed E-state index contributed by atoms with van der Waals surface area (Å²) in [5.74, 6) is 0. The molecule has 2 heteroatoms. The van der Waals surface area contributed by atoms with Crippen molar-refractivity contribution in [2.24, 2.45) is 0 Å². The maximum Gasteiger partial charge on any atom is 0.0541 e. The van der Waals surface area contributed by atoms with Gasteiger partial charge in [-0.25, -0.2) is 0 Å². The van der Waals surface area contributed by atoms with Crippen LogP contribution in [0.2, 0.25) is 0 Å². The normalized spacial score (nSPS) is 11.4. The van der Waals surface area contributed by atoms with E-state index in [2.05, 4.69) is 289 Å². The molecule has 1 aromatic heterocycles. The quantitative estimate of drug-likeness (QED) is 0.131. The molecule has 0 fully saturated rings. The Hall–Kier alpha value is -9.24. The van der Waals surface area contributed by atoms with Gasteiger partial charge in [0, 0.05) is 33.4 Å². The minimum atomic E-state index is 1.08. The molecule has 0 N–H and O–H groups in total. The highest BCUT2D eigenvalue weighted by atomic mass is 15.1. The molecule has 1 heterocycles. The zero-order valence-electron chi connectivity index (χ0n) is 38.5. The van der Waals surface area contributed by atoms with E-state index < -0.39 is 0 Å². The fraction of sp³-hybridized carbons (Fsp3) is 0. The maximum atomic E-state index is 2.43. The number of hydrogen-bond donors (Lipinski definition) is 0. The molecule has 0 aliphatic rings. The minimum Gasteiger partial charge on any atom is -0.311 e. The molecule has 328 valence electrons. The minimum absolute atomic E-state index is 1.08. The number of hydrogen-bond acceptors (Lipinski definition) is 1. The first-order valence-electron chi connectivity index (χ1n) is 24.1. The van der Waals surface area contributed by atoms with Crippen molar-refractivity contribution >= 4 is 60.4 Å². The van der Waals surface area contributed by atoms with Gasteiger partial charge in [0.05, 0.1) is 16.7 Å². The lowest BCUT2D eigenvalue weighted by Gasteiger charge is -2.26. The van der Waals surface area contributed by atoms with Crippen LogP contribution in [0, 0.1) is 0 Å². The molecule has 0 radical (unpaired) electrons. The smallest absolute Gasteiger partial charge is 0.0541 e. The van der Waals surface area contributed by atoms with Gasteiger partial charge in [0.15, 0.2) is 0 Å². The molecular weight excluding hydrogens is 845 g/mol. The Balaban J connectivity index is 0.872. The third-order valence-corrected chi connectivity index (χ3v) is 14.0. The Morgan fingerprint density at radius 1 is 0.229 bits per heavy atom. The summed E-state index contributed by atoms with van der Waals surface area (Å²) in [6, 6.07) is 102. The van der Waals surface area contributed by atoms with Gasteiger partial charge in [-0.15, -0.1) is 0 Å². The number of benzene rings is 12. The van der Waals surface area contributed by atoms with Crippen molar-refractivity contribution in [3.05, 3.63) is 279 Å². The van der Waals surface area contributed by atoms with Crippen LogP contribution in [-0.2, 0) is 0 Å². The fourth-order valence-electron chi connectivity index (χ4n) is 10.6. The summed E-state index contributed by atoms with van der Waals surface area (Å²) in [5.41, 5.74) is 18.7. The first-order valence-corrected chi connectivity index (χ1v) is 24.1. The zero-order chi connectivity index (χ0) is 46.4. The highest BCUT2D eigenvalue weighted by molar-refractivity contribution is 6.10. The van der Waals surface area contributed by atoms with E-state index in [0.29, 0.717) is 0 Å². The number of fused-ring (bicyclic) bond motifs is 6. The number of rotatable bonds is 9. The van der Waals surface area contributed by atoms with Crippen LogP contribution in [0.15, 0.2) is 279 Å². The van der Waals surface area contributed by atoms with Gasteiger partial charge in [-0.3, -0.25) is 0 Å². The largest absolute Gasteiger partial charge is 0.311 e. The van der Waals surface area contributed by atoms with Crippen molar-refractivity contribution in [2.45, 2.75) is 0 Å². The van der Waals surface area contributed by atoms with Gasteiger partial charge in [-0.05, 0) is 132 Å². The first-order chi connectivity index (χ1) is 34.7. The van der Waals surface area contributed by atoms with Gasteiger partial charge in [0.2, 0.25) is 0 Å². The Bertz CT molecular complexity index is 3960. The van der Waals surface area contributed by atoms with Gasteiger partial charge < -0.3 is 9.47 Å². The summed E-state index contributed by atoms with van der Waals surface area (Å²) in [4.78, 5) is 2.37. The van der Waals surface area contributed by atoms with E-state index in [9.17, 15) is 0 Å². The topological polar surface area (TPSA) is 8.17 Å².